The van der Waals surface area contributed by atoms with Gasteiger partial charge in [0.1, 0.15) is 5.65 Å². The summed E-state index contributed by atoms with van der Waals surface area (Å²) >= 11 is 6.14. The molecule has 0 spiro atoms. The van der Waals surface area contributed by atoms with Crippen molar-refractivity contribution in [3.63, 3.8) is 0 Å². The fraction of sp³-hybridized carbons (Fsp3) is 0.214. The van der Waals surface area contributed by atoms with Crippen molar-refractivity contribution in [1.29, 1.82) is 0 Å². The number of hydrogen-bond acceptors (Lipinski definition) is 4. The molecule has 1 aliphatic carbocycles. The molecule has 174 valence electrons. The minimum Gasteiger partial charge on any atom is -0.319 e. The predicted octanol–water partition coefficient (Wildman–Crippen LogP) is 4.86. The number of rotatable bonds is 4. The van der Waals surface area contributed by atoms with E-state index in [0.717, 1.165) is 18.4 Å². The third-order valence-corrected chi connectivity index (χ3v) is 7.50. The molecular weight excluding hydrogens is 462 g/mol. The minimum atomic E-state index is -0.560. The third-order valence-electron chi connectivity index (χ3n) is 7.27. The van der Waals surface area contributed by atoms with Gasteiger partial charge in [0, 0.05) is 41.2 Å². The number of amides is 1. The highest BCUT2D eigenvalue weighted by atomic mass is 35.5. The molecule has 4 aromatic rings. The van der Waals surface area contributed by atoms with Crippen LogP contribution in [0, 0.1) is 0 Å². The van der Waals surface area contributed by atoms with Crippen LogP contribution in [0.25, 0.3) is 5.65 Å². The zero-order chi connectivity index (χ0) is 24.3. The number of Topliss-reactive ketones (excluding diaryl/α,β-unsaturated/α-hetero) is 1. The third kappa shape index (κ3) is 3.40. The van der Waals surface area contributed by atoms with Crippen molar-refractivity contribution in [2.45, 2.75) is 37.8 Å². The van der Waals surface area contributed by atoms with E-state index in [9.17, 15) is 14.4 Å². The summed E-state index contributed by atoms with van der Waals surface area (Å²) in [4.78, 5) is 46.0. The molecule has 1 atom stereocenters. The van der Waals surface area contributed by atoms with Crippen LogP contribution in [0.1, 0.15) is 57.2 Å². The van der Waals surface area contributed by atoms with Crippen LogP contribution in [0.4, 0.5) is 0 Å². The zero-order valence-corrected chi connectivity index (χ0v) is 19.8. The molecule has 2 aliphatic rings. The smallest absolute Gasteiger partial charge is 0.255 e. The highest BCUT2D eigenvalue weighted by molar-refractivity contribution is 6.30. The lowest BCUT2D eigenvalue weighted by Gasteiger charge is -2.36. The van der Waals surface area contributed by atoms with Crippen LogP contribution in [0.2, 0.25) is 5.02 Å². The first-order valence-electron chi connectivity index (χ1n) is 11.6. The summed E-state index contributed by atoms with van der Waals surface area (Å²) in [5.74, 6) is -0.276. The molecule has 1 saturated carbocycles. The molecule has 1 unspecified atom stereocenters. The Morgan fingerprint density at radius 1 is 1.06 bits per heavy atom. The van der Waals surface area contributed by atoms with Gasteiger partial charge in [0.2, 0.25) is 0 Å². The van der Waals surface area contributed by atoms with Crippen molar-refractivity contribution >= 4 is 34.7 Å². The van der Waals surface area contributed by atoms with E-state index in [4.69, 9.17) is 11.6 Å². The summed E-state index contributed by atoms with van der Waals surface area (Å²) in [6.45, 7) is 1.80. The largest absolute Gasteiger partial charge is 0.319 e. The van der Waals surface area contributed by atoms with Crippen LogP contribution < -0.4 is 0 Å². The lowest BCUT2D eigenvalue weighted by Crippen LogP contribution is -2.48. The average molecular weight is 484 g/mol. The van der Waals surface area contributed by atoms with Gasteiger partial charge in [-0.2, -0.15) is 0 Å². The fourth-order valence-corrected chi connectivity index (χ4v) is 5.46. The van der Waals surface area contributed by atoms with Crippen LogP contribution in [0.3, 0.4) is 0 Å². The fourth-order valence-electron chi connectivity index (χ4n) is 5.27. The molecule has 0 saturated heterocycles. The molecule has 2 aromatic carbocycles. The maximum absolute atomic E-state index is 13.7. The SMILES string of the molecule is CC1C(=O)Cc2cc(Cl)ccc2C(=O)N1C1(c2ccc(C(=O)c3cccn4ccnc34)cc2)CC1. The molecule has 1 fully saturated rings. The van der Waals surface area contributed by atoms with E-state index in [1.165, 1.54) is 0 Å². The van der Waals surface area contributed by atoms with E-state index < -0.39 is 11.6 Å². The minimum absolute atomic E-state index is 0.00904. The molecule has 2 aromatic heterocycles. The first-order valence-corrected chi connectivity index (χ1v) is 12.0. The monoisotopic (exact) mass is 483 g/mol. The van der Waals surface area contributed by atoms with Crippen LogP contribution in [0.5, 0.6) is 0 Å². The van der Waals surface area contributed by atoms with Crippen molar-refractivity contribution in [2.75, 3.05) is 0 Å². The van der Waals surface area contributed by atoms with Gasteiger partial charge in [0.25, 0.3) is 5.91 Å². The van der Waals surface area contributed by atoms with Gasteiger partial charge in [-0.3, -0.25) is 14.4 Å². The van der Waals surface area contributed by atoms with E-state index in [2.05, 4.69) is 4.98 Å². The summed E-state index contributed by atoms with van der Waals surface area (Å²) in [5, 5.41) is 0.512. The number of imidazole rings is 1. The number of pyridine rings is 1. The summed E-state index contributed by atoms with van der Waals surface area (Å²) < 4.78 is 1.81. The normalized spacial score (nSPS) is 18.9. The molecule has 7 heteroatoms. The number of aromatic nitrogens is 2. The first-order chi connectivity index (χ1) is 16.9. The number of halogens is 1. The number of hydrogen-bond donors (Lipinski definition) is 0. The molecular formula is C28H22ClN3O3. The van der Waals surface area contributed by atoms with Crippen molar-refractivity contribution in [3.05, 3.63) is 106 Å². The van der Waals surface area contributed by atoms with Gasteiger partial charge in [0.05, 0.1) is 17.1 Å². The van der Waals surface area contributed by atoms with Gasteiger partial charge in [-0.05, 0) is 61.2 Å². The Morgan fingerprint density at radius 2 is 1.83 bits per heavy atom. The summed E-state index contributed by atoms with van der Waals surface area (Å²) in [7, 11) is 0. The number of ketones is 2. The Kier molecular flexibility index (Phi) is 4.90. The predicted molar refractivity (Wildman–Crippen MR) is 132 cm³/mol. The van der Waals surface area contributed by atoms with Gasteiger partial charge in [-0.15, -0.1) is 0 Å². The Labute approximate surface area is 207 Å². The molecule has 35 heavy (non-hydrogen) atoms. The second-order valence-corrected chi connectivity index (χ2v) is 9.75. The van der Waals surface area contributed by atoms with Gasteiger partial charge in [0.15, 0.2) is 11.6 Å². The number of benzene rings is 2. The molecule has 0 bridgehead atoms. The summed E-state index contributed by atoms with van der Waals surface area (Å²) in [5.41, 5.74) is 3.26. The number of carbonyl (C=O) groups is 3. The van der Waals surface area contributed by atoms with Crippen molar-refractivity contribution in [1.82, 2.24) is 14.3 Å². The second-order valence-electron chi connectivity index (χ2n) is 9.31. The lowest BCUT2D eigenvalue weighted by atomic mass is 9.96. The van der Waals surface area contributed by atoms with Gasteiger partial charge < -0.3 is 9.30 Å². The standard InChI is InChI=1S/C28H22ClN3O3/c1-17-24(33)16-19-15-21(29)8-9-22(19)27(35)32(17)28(10-11-28)20-6-4-18(5-7-20)25(34)23-3-2-13-31-14-12-30-26(23)31/h2-9,12-15,17H,10-11,16H2,1H3. The van der Waals surface area contributed by atoms with Gasteiger partial charge in [-0.25, -0.2) is 4.98 Å². The van der Waals surface area contributed by atoms with Crippen molar-refractivity contribution in [2.24, 2.45) is 0 Å². The Morgan fingerprint density at radius 3 is 2.57 bits per heavy atom. The molecule has 1 aliphatic heterocycles. The van der Waals surface area contributed by atoms with E-state index in [1.807, 2.05) is 28.8 Å². The molecule has 0 radical (unpaired) electrons. The number of nitrogens with zero attached hydrogens (tertiary/aromatic N) is 3. The van der Waals surface area contributed by atoms with E-state index in [0.29, 0.717) is 32.9 Å². The van der Waals surface area contributed by atoms with Crippen molar-refractivity contribution in [3.8, 4) is 0 Å². The number of carbonyl (C=O) groups excluding carboxylic acids is 3. The van der Waals surface area contributed by atoms with E-state index in [1.54, 1.807) is 60.6 Å². The van der Waals surface area contributed by atoms with Gasteiger partial charge in [-0.1, -0.05) is 35.9 Å². The Bertz CT molecular complexity index is 1520. The van der Waals surface area contributed by atoms with Crippen LogP contribution in [-0.4, -0.2) is 37.8 Å². The molecule has 3 heterocycles. The van der Waals surface area contributed by atoms with Crippen LogP contribution >= 0.6 is 11.6 Å². The molecule has 0 N–H and O–H groups in total. The van der Waals surface area contributed by atoms with Crippen molar-refractivity contribution < 1.29 is 14.4 Å². The maximum atomic E-state index is 13.7. The Hall–Kier alpha value is -3.77. The maximum Gasteiger partial charge on any atom is 0.255 e. The summed E-state index contributed by atoms with van der Waals surface area (Å²) in [6, 6.07) is 15.6. The second kappa shape index (κ2) is 7.89. The molecule has 1 amide bonds. The van der Waals surface area contributed by atoms with E-state index >= 15 is 0 Å². The lowest BCUT2D eigenvalue weighted by molar-refractivity contribution is -0.123. The zero-order valence-electron chi connectivity index (χ0n) is 19.1. The highest BCUT2D eigenvalue weighted by Gasteiger charge is 2.55. The van der Waals surface area contributed by atoms with Gasteiger partial charge >= 0.3 is 0 Å². The average Bonchev–Trinajstić information content (AvgIpc) is 3.52. The highest BCUT2D eigenvalue weighted by Crippen LogP contribution is 2.53. The summed E-state index contributed by atoms with van der Waals surface area (Å²) in [6.07, 6.45) is 7.03. The van der Waals surface area contributed by atoms with E-state index in [-0.39, 0.29) is 23.9 Å². The molecule has 6 rings (SSSR count). The number of fused-ring (bicyclic) bond motifs is 2. The quantitative estimate of drug-likeness (QED) is 0.388. The molecule has 6 nitrogen and oxygen atoms in total. The topological polar surface area (TPSA) is 71.8 Å². The first kappa shape index (κ1) is 21.7. The van der Waals surface area contributed by atoms with Crippen LogP contribution in [-0.2, 0) is 16.8 Å². The van der Waals surface area contributed by atoms with Crippen LogP contribution in [0.15, 0.2) is 73.2 Å². The Balaban J connectivity index is 1.35.